The quantitative estimate of drug-likeness (QED) is 0.409. The van der Waals surface area contributed by atoms with E-state index in [1.807, 2.05) is 6.92 Å². The molecule has 1 aromatic carbocycles. The Morgan fingerprint density at radius 1 is 1.58 bits per heavy atom. The number of benzene rings is 1. The van der Waals surface area contributed by atoms with Crippen LogP contribution in [0.1, 0.15) is 18.9 Å². The fourth-order valence-corrected chi connectivity index (χ4v) is 1.00. The lowest BCUT2D eigenvalue weighted by atomic mass is 10.1. The lowest BCUT2D eigenvalue weighted by Gasteiger charge is -1.99. The summed E-state index contributed by atoms with van der Waals surface area (Å²) < 4.78 is 12.7. The van der Waals surface area contributed by atoms with E-state index in [2.05, 4.69) is 5.16 Å². The highest BCUT2D eigenvalue weighted by atomic mass is 19.1. The minimum atomic E-state index is -0.317. The molecule has 0 aliphatic rings. The van der Waals surface area contributed by atoms with Crippen LogP contribution in [0.5, 0.6) is 0 Å². The smallest absolute Gasteiger partial charge is 0.123 e. The van der Waals surface area contributed by atoms with Crippen molar-refractivity contribution in [1.29, 1.82) is 0 Å². The predicted molar refractivity (Wildman–Crippen MR) is 45.0 cm³/mol. The van der Waals surface area contributed by atoms with Gasteiger partial charge in [0.05, 0.1) is 5.71 Å². The molecule has 0 bridgehead atoms. The van der Waals surface area contributed by atoms with Crippen molar-refractivity contribution in [1.82, 2.24) is 0 Å². The number of halogens is 1. The number of rotatable bonds is 2. The van der Waals surface area contributed by atoms with Gasteiger partial charge in [-0.2, -0.15) is 0 Å². The van der Waals surface area contributed by atoms with Crippen molar-refractivity contribution < 1.29 is 9.60 Å². The lowest BCUT2D eigenvalue weighted by Crippen LogP contribution is -1.98. The van der Waals surface area contributed by atoms with E-state index in [-0.39, 0.29) is 5.82 Å². The first kappa shape index (κ1) is 8.71. The third-order valence-corrected chi connectivity index (χ3v) is 1.61. The van der Waals surface area contributed by atoms with Gasteiger partial charge in [-0.1, -0.05) is 24.2 Å². The fraction of sp³-hybridized carbons (Fsp3) is 0.222. The van der Waals surface area contributed by atoms with E-state index in [1.165, 1.54) is 12.1 Å². The molecule has 0 amide bonds. The molecule has 0 atom stereocenters. The number of nitrogens with zero attached hydrogens (tertiary/aromatic N) is 1. The maximum Gasteiger partial charge on any atom is 0.123 e. The van der Waals surface area contributed by atoms with Gasteiger partial charge in [-0.25, -0.2) is 4.39 Å². The van der Waals surface area contributed by atoms with Crippen molar-refractivity contribution in [3.63, 3.8) is 0 Å². The third kappa shape index (κ3) is 1.81. The van der Waals surface area contributed by atoms with Crippen molar-refractivity contribution in [2.45, 2.75) is 13.3 Å². The Hall–Kier alpha value is -1.38. The summed E-state index contributed by atoms with van der Waals surface area (Å²) in [5.41, 5.74) is 1.12. The van der Waals surface area contributed by atoms with E-state index in [4.69, 9.17) is 5.21 Å². The zero-order valence-electron chi connectivity index (χ0n) is 6.79. The fourth-order valence-electron chi connectivity index (χ4n) is 1.00. The van der Waals surface area contributed by atoms with Crippen LogP contribution in [0.25, 0.3) is 0 Å². The van der Waals surface area contributed by atoms with Gasteiger partial charge in [-0.3, -0.25) is 0 Å². The Labute approximate surface area is 70.3 Å². The number of hydrogen-bond acceptors (Lipinski definition) is 2. The van der Waals surface area contributed by atoms with E-state index in [0.717, 1.165) is 0 Å². The van der Waals surface area contributed by atoms with E-state index >= 15 is 0 Å². The molecule has 12 heavy (non-hydrogen) atoms. The van der Waals surface area contributed by atoms with E-state index in [0.29, 0.717) is 17.7 Å². The summed E-state index contributed by atoms with van der Waals surface area (Å²) in [6, 6.07) is 6.00. The van der Waals surface area contributed by atoms with Gasteiger partial charge < -0.3 is 5.21 Å². The van der Waals surface area contributed by atoms with Crippen LogP contribution in [-0.2, 0) is 0 Å². The minimum Gasteiger partial charge on any atom is -0.411 e. The van der Waals surface area contributed by atoms with E-state index in [1.54, 1.807) is 12.1 Å². The molecule has 1 rings (SSSR count). The van der Waals surface area contributed by atoms with Gasteiger partial charge in [-0.15, -0.1) is 0 Å². The van der Waals surface area contributed by atoms with Crippen LogP contribution in [0.2, 0.25) is 0 Å². The minimum absolute atomic E-state index is 0.317. The summed E-state index contributed by atoms with van der Waals surface area (Å²) in [5, 5.41) is 11.6. The molecule has 1 aromatic rings. The SMILES string of the molecule is CCC(=NO)c1cccc(F)c1. The molecule has 0 unspecified atom stereocenters. The largest absolute Gasteiger partial charge is 0.411 e. The zero-order valence-corrected chi connectivity index (χ0v) is 6.79. The monoisotopic (exact) mass is 167 g/mol. The molecule has 0 aromatic heterocycles. The molecule has 1 N–H and O–H groups in total. The normalized spacial score (nSPS) is 11.7. The Bertz CT molecular complexity index is 296. The van der Waals surface area contributed by atoms with Crippen molar-refractivity contribution in [3.05, 3.63) is 35.6 Å². The van der Waals surface area contributed by atoms with Gasteiger partial charge >= 0.3 is 0 Å². The third-order valence-electron chi connectivity index (χ3n) is 1.61. The van der Waals surface area contributed by atoms with Gasteiger partial charge in [-0.05, 0) is 18.6 Å². The standard InChI is InChI=1S/C9H10FNO/c1-2-9(11-12)7-4-3-5-8(10)6-7/h3-6,12H,2H2,1H3. The molecule has 0 radical (unpaired) electrons. The highest BCUT2D eigenvalue weighted by molar-refractivity contribution is 5.99. The zero-order chi connectivity index (χ0) is 8.97. The van der Waals surface area contributed by atoms with Gasteiger partial charge in [0.2, 0.25) is 0 Å². The highest BCUT2D eigenvalue weighted by Crippen LogP contribution is 2.06. The summed E-state index contributed by atoms with van der Waals surface area (Å²) in [6.07, 6.45) is 0.583. The van der Waals surface area contributed by atoms with Gasteiger partial charge in [0, 0.05) is 5.56 Å². The Morgan fingerprint density at radius 2 is 2.33 bits per heavy atom. The van der Waals surface area contributed by atoms with Crippen molar-refractivity contribution >= 4 is 5.71 Å². The first-order chi connectivity index (χ1) is 5.77. The second kappa shape index (κ2) is 3.85. The van der Waals surface area contributed by atoms with Crippen LogP contribution < -0.4 is 0 Å². The van der Waals surface area contributed by atoms with Crippen LogP contribution in [0, 0.1) is 5.82 Å². The molecule has 3 heteroatoms. The first-order valence-corrected chi connectivity index (χ1v) is 3.74. The van der Waals surface area contributed by atoms with Crippen molar-refractivity contribution in [2.24, 2.45) is 5.16 Å². The molecular weight excluding hydrogens is 157 g/mol. The molecule has 0 heterocycles. The Kier molecular flexibility index (Phi) is 2.80. The second-order valence-electron chi connectivity index (χ2n) is 2.41. The van der Waals surface area contributed by atoms with Crippen molar-refractivity contribution in [3.8, 4) is 0 Å². The molecule has 64 valence electrons. The van der Waals surface area contributed by atoms with Crippen LogP contribution in [0.15, 0.2) is 29.4 Å². The second-order valence-corrected chi connectivity index (χ2v) is 2.41. The lowest BCUT2D eigenvalue weighted by molar-refractivity contribution is 0.318. The van der Waals surface area contributed by atoms with Crippen LogP contribution in [0.3, 0.4) is 0 Å². The molecule has 0 aliphatic carbocycles. The van der Waals surface area contributed by atoms with E-state index < -0.39 is 0 Å². The molecular formula is C9H10FNO. The Morgan fingerprint density at radius 3 is 2.83 bits per heavy atom. The van der Waals surface area contributed by atoms with Crippen LogP contribution >= 0.6 is 0 Å². The van der Waals surface area contributed by atoms with E-state index in [9.17, 15) is 4.39 Å². The van der Waals surface area contributed by atoms with Gasteiger partial charge in [0.15, 0.2) is 0 Å². The van der Waals surface area contributed by atoms with Crippen molar-refractivity contribution in [2.75, 3.05) is 0 Å². The number of oxime groups is 1. The number of hydrogen-bond donors (Lipinski definition) is 1. The molecule has 0 fully saturated rings. The first-order valence-electron chi connectivity index (χ1n) is 3.74. The summed E-state index contributed by atoms with van der Waals surface area (Å²) in [6.45, 7) is 1.85. The van der Waals surface area contributed by atoms with Gasteiger partial charge in [0.25, 0.3) is 0 Å². The van der Waals surface area contributed by atoms with Crippen LogP contribution in [0.4, 0.5) is 4.39 Å². The summed E-state index contributed by atoms with van der Waals surface area (Å²) in [7, 11) is 0. The Balaban J connectivity index is 3.02. The topological polar surface area (TPSA) is 32.6 Å². The molecule has 0 saturated heterocycles. The summed E-state index contributed by atoms with van der Waals surface area (Å²) in [4.78, 5) is 0. The molecule has 0 saturated carbocycles. The average Bonchev–Trinajstić information content (AvgIpc) is 2.07. The molecule has 0 aliphatic heterocycles. The van der Waals surface area contributed by atoms with Gasteiger partial charge in [0.1, 0.15) is 5.82 Å². The summed E-state index contributed by atoms with van der Waals surface area (Å²) in [5.74, 6) is -0.317. The highest BCUT2D eigenvalue weighted by Gasteiger charge is 2.01. The van der Waals surface area contributed by atoms with Crippen LogP contribution in [-0.4, -0.2) is 10.9 Å². The summed E-state index contributed by atoms with van der Waals surface area (Å²) >= 11 is 0. The molecule has 2 nitrogen and oxygen atoms in total. The maximum absolute atomic E-state index is 12.7. The molecule has 0 spiro atoms. The maximum atomic E-state index is 12.7. The predicted octanol–water partition coefficient (Wildman–Crippen LogP) is 2.41. The average molecular weight is 167 g/mol.